The quantitative estimate of drug-likeness (QED) is 0.577. The van der Waals surface area contributed by atoms with Crippen LogP contribution in [0, 0.1) is 13.8 Å². The maximum Gasteiger partial charge on any atom is 0.234 e. The summed E-state index contributed by atoms with van der Waals surface area (Å²) < 4.78 is 4.86. The van der Waals surface area contributed by atoms with Gasteiger partial charge in [0.25, 0.3) is 0 Å². The number of amides is 1. The van der Waals surface area contributed by atoms with Crippen molar-refractivity contribution in [2.24, 2.45) is 0 Å². The van der Waals surface area contributed by atoms with Gasteiger partial charge in [-0.25, -0.2) is 0 Å². The Kier molecular flexibility index (Phi) is 7.05. The molecule has 0 fully saturated rings. The Morgan fingerprint density at radius 1 is 1.24 bits per heavy atom. The van der Waals surface area contributed by atoms with Crippen molar-refractivity contribution in [2.45, 2.75) is 13.8 Å². The number of ether oxygens (including phenoxy) is 1. The highest BCUT2D eigenvalue weighted by Gasteiger charge is 2.13. The highest BCUT2D eigenvalue weighted by Crippen LogP contribution is 2.11. The molecule has 1 aromatic carbocycles. The normalized spacial score (nSPS) is 10.7. The van der Waals surface area contributed by atoms with Gasteiger partial charge >= 0.3 is 0 Å². The summed E-state index contributed by atoms with van der Waals surface area (Å²) in [6.07, 6.45) is 0. The molecule has 0 saturated carbocycles. The second kappa shape index (κ2) is 8.54. The van der Waals surface area contributed by atoms with E-state index in [0.717, 1.165) is 11.1 Å². The van der Waals surface area contributed by atoms with E-state index in [-0.39, 0.29) is 24.8 Å². The fraction of sp³-hybridized carbons (Fsp3) is 0.500. The van der Waals surface area contributed by atoms with Crippen molar-refractivity contribution in [1.82, 2.24) is 10.2 Å². The number of carbonyl (C=O) groups is 2. The maximum atomic E-state index is 12.2. The first kappa shape index (κ1) is 17.3. The number of likely N-dealkylation sites (N-methyl/N-ethyl adjacent to an activating group) is 1. The van der Waals surface area contributed by atoms with Crippen LogP contribution in [0.2, 0.25) is 0 Å². The smallest absolute Gasteiger partial charge is 0.234 e. The van der Waals surface area contributed by atoms with Gasteiger partial charge in [-0.15, -0.1) is 0 Å². The SMILES string of the molecule is COCCNC(=O)CN(C)CC(=O)c1ccc(C)cc1C. The lowest BCUT2D eigenvalue weighted by molar-refractivity contribution is -0.122. The van der Waals surface area contributed by atoms with E-state index >= 15 is 0 Å². The maximum absolute atomic E-state index is 12.2. The van der Waals surface area contributed by atoms with Crippen LogP contribution >= 0.6 is 0 Å². The molecule has 21 heavy (non-hydrogen) atoms. The summed E-state index contributed by atoms with van der Waals surface area (Å²) in [5.74, 6) is -0.0809. The minimum absolute atomic E-state index is 0.0275. The van der Waals surface area contributed by atoms with E-state index < -0.39 is 0 Å². The van der Waals surface area contributed by atoms with Gasteiger partial charge in [-0.05, 0) is 26.5 Å². The van der Waals surface area contributed by atoms with Crippen molar-refractivity contribution in [3.63, 3.8) is 0 Å². The third kappa shape index (κ3) is 6.06. The topological polar surface area (TPSA) is 58.6 Å². The van der Waals surface area contributed by atoms with E-state index in [4.69, 9.17) is 4.74 Å². The number of carbonyl (C=O) groups excluding carboxylic acids is 2. The number of Topliss-reactive ketones (excluding diaryl/α,β-unsaturated/α-hetero) is 1. The Morgan fingerprint density at radius 3 is 2.57 bits per heavy atom. The van der Waals surface area contributed by atoms with E-state index in [9.17, 15) is 9.59 Å². The van der Waals surface area contributed by atoms with E-state index in [1.807, 2.05) is 32.0 Å². The Balaban J connectivity index is 2.48. The Bertz CT molecular complexity index is 500. The van der Waals surface area contributed by atoms with Gasteiger partial charge in [-0.1, -0.05) is 23.8 Å². The number of aryl methyl sites for hydroxylation is 2. The van der Waals surface area contributed by atoms with Crippen molar-refractivity contribution in [3.8, 4) is 0 Å². The lowest BCUT2D eigenvalue weighted by Crippen LogP contribution is -2.38. The van der Waals surface area contributed by atoms with Gasteiger partial charge in [-0.2, -0.15) is 0 Å². The first-order chi connectivity index (χ1) is 9.93. The van der Waals surface area contributed by atoms with Crippen molar-refractivity contribution in [2.75, 3.05) is 40.4 Å². The summed E-state index contributed by atoms with van der Waals surface area (Å²) in [5.41, 5.74) is 2.82. The average Bonchev–Trinajstić information content (AvgIpc) is 2.38. The minimum atomic E-state index is -0.108. The summed E-state index contributed by atoms with van der Waals surface area (Å²) in [5, 5.41) is 2.73. The molecule has 0 heterocycles. The standard InChI is InChI=1S/C16H24N2O3/c1-12-5-6-14(13(2)9-12)15(19)10-18(3)11-16(20)17-7-8-21-4/h5-6,9H,7-8,10-11H2,1-4H3,(H,17,20). The Morgan fingerprint density at radius 2 is 1.95 bits per heavy atom. The summed E-state index contributed by atoms with van der Waals surface area (Å²) in [6.45, 7) is 5.31. The number of hydrogen-bond acceptors (Lipinski definition) is 4. The van der Waals surface area contributed by atoms with Gasteiger partial charge in [0.15, 0.2) is 5.78 Å². The van der Waals surface area contributed by atoms with Crippen molar-refractivity contribution < 1.29 is 14.3 Å². The third-order valence-electron chi connectivity index (χ3n) is 3.14. The Hall–Kier alpha value is -1.72. The zero-order valence-electron chi connectivity index (χ0n) is 13.2. The molecule has 0 aliphatic heterocycles. The molecule has 0 radical (unpaired) electrons. The molecule has 0 atom stereocenters. The number of nitrogens with zero attached hydrogens (tertiary/aromatic N) is 1. The number of methoxy groups -OCH3 is 1. The summed E-state index contributed by atoms with van der Waals surface area (Å²) >= 11 is 0. The Labute approximate surface area is 126 Å². The van der Waals surface area contributed by atoms with Crippen molar-refractivity contribution in [3.05, 3.63) is 34.9 Å². The van der Waals surface area contributed by atoms with Gasteiger partial charge in [0, 0.05) is 19.2 Å². The highest BCUT2D eigenvalue weighted by atomic mass is 16.5. The molecule has 0 aromatic heterocycles. The molecular weight excluding hydrogens is 268 g/mol. The van der Waals surface area contributed by atoms with Gasteiger partial charge in [0.1, 0.15) is 0 Å². The molecule has 1 amide bonds. The molecular formula is C16H24N2O3. The van der Waals surface area contributed by atoms with E-state index in [0.29, 0.717) is 18.7 Å². The summed E-state index contributed by atoms with van der Waals surface area (Å²) in [7, 11) is 3.35. The van der Waals surface area contributed by atoms with Crippen molar-refractivity contribution in [1.29, 1.82) is 0 Å². The van der Waals surface area contributed by atoms with Crippen LogP contribution in [0.1, 0.15) is 21.5 Å². The largest absolute Gasteiger partial charge is 0.383 e. The molecule has 5 nitrogen and oxygen atoms in total. The molecule has 0 bridgehead atoms. The second-order valence-corrected chi connectivity index (χ2v) is 5.26. The molecule has 0 aliphatic carbocycles. The van der Waals surface area contributed by atoms with E-state index in [1.165, 1.54) is 0 Å². The molecule has 0 aliphatic rings. The van der Waals surface area contributed by atoms with Gasteiger partial charge < -0.3 is 10.1 Å². The van der Waals surface area contributed by atoms with Crippen molar-refractivity contribution >= 4 is 11.7 Å². The zero-order chi connectivity index (χ0) is 15.8. The van der Waals surface area contributed by atoms with Crippen LogP contribution in [0.4, 0.5) is 0 Å². The van der Waals surface area contributed by atoms with E-state index in [1.54, 1.807) is 19.1 Å². The van der Waals surface area contributed by atoms with Crippen LogP contribution < -0.4 is 5.32 Å². The fourth-order valence-corrected chi connectivity index (χ4v) is 2.11. The monoisotopic (exact) mass is 292 g/mol. The molecule has 0 saturated heterocycles. The lowest BCUT2D eigenvalue weighted by Gasteiger charge is -2.16. The van der Waals surface area contributed by atoms with Gasteiger partial charge in [0.05, 0.1) is 19.7 Å². The first-order valence-corrected chi connectivity index (χ1v) is 6.98. The fourth-order valence-electron chi connectivity index (χ4n) is 2.11. The summed E-state index contributed by atoms with van der Waals surface area (Å²) in [6, 6.07) is 5.77. The van der Waals surface area contributed by atoms with Gasteiger partial charge in [0.2, 0.25) is 5.91 Å². The average molecular weight is 292 g/mol. The number of nitrogens with one attached hydrogen (secondary N) is 1. The highest BCUT2D eigenvalue weighted by molar-refractivity contribution is 5.99. The number of hydrogen-bond donors (Lipinski definition) is 1. The zero-order valence-corrected chi connectivity index (χ0v) is 13.2. The number of ketones is 1. The van der Waals surface area contributed by atoms with Crippen LogP contribution in [-0.4, -0.2) is 57.0 Å². The lowest BCUT2D eigenvalue weighted by atomic mass is 10.0. The molecule has 5 heteroatoms. The molecule has 0 unspecified atom stereocenters. The predicted octanol–water partition coefficient (Wildman–Crippen LogP) is 1.18. The summed E-state index contributed by atoms with van der Waals surface area (Å²) in [4.78, 5) is 25.6. The molecule has 1 aromatic rings. The minimum Gasteiger partial charge on any atom is -0.383 e. The van der Waals surface area contributed by atoms with E-state index in [2.05, 4.69) is 5.32 Å². The molecule has 1 rings (SSSR count). The van der Waals surface area contributed by atoms with Crippen LogP contribution in [0.5, 0.6) is 0 Å². The molecule has 116 valence electrons. The number of benzene rings is 1. The van der Waals surface area contributed by atoms with Crippen LogP contribution in [0.25, 0.3) is 0 Å². The first-order valence-electron chi connectivity index (χ1n) is 6.98. The molecule has 0 spiro atoms. The predicted molar refractivity (Wildman–Crippen MR) is 82.6 cm³/mol. The van der Waals surface area contributed by atoms with Gasteiger partial charge in [-0.3, -0.25) is 14.5 Å². The number of rotatable bonds is 8. The van der Waals surface area contributed by atoms with Crippen LogP contribution in [0.15, 0.2) is 18.2 Å². The molecule has 1 N–H and O–H groups in total. The van der Waals surface area contributed by atoms with Crippen LogP contribution in [0.3, 0.4) is 0 Å². The third-order valence-corrected chi connectivity index (χ3v) is 3.14. The second-order valence-electron chi connectivity index (χ2n) is 5.26. The van der Waals surface area contributed by atoms with Crippen LogP contribution in [-0.2, 0) is 9.53 Å².